The minimum atomic E-state index is -0.617. The van der Waals surface area contributed by atoms with Crippen molar-refractivity contribution in [3.05, 3.63) is 89.5 Å². The number of para-hydroxylation sites is 2. The molecule has 0 atom stereocenters. The molecule has 126 valence electrons. The summed E-state index contributed by atoms with van der Waals surface area (Å²) in [5, 5.41) is 2.79. The minimum Gasteiger partial charge on any atom is -0.457 e. The fourth-order valence-corrected chi connectivity index (χ4v) is 2.33. The van der Waals surface area contributed by atoms with Crippen molar-refractivity contribution in [3.8, 4) is 11.5 Å². The summed E-state index contributed by atoms with van der Waals surface area (Å²) in [6, 6.07) is 17.8. The Bertz CT molecular complexity index is 879. The summed E-state index contributed by atoms with van der Waals surface area (Å²) in [6.07, 6.45) is 1.21. The SMILES string of the molecule is Cc1ccccc1Oc1ccccc1CNC(=O)c1ccc(F)nc1. The molecular formula is C20H17FN2O2. The van der Waals surface area contributed by atoms with Crippen LogP contribution in [0.4, 0.5) is 4.39 Å². The van der Waals surface area contributed by atoms with E-state index in [0.717, 1.165) is 22.9 Å². The molecule has 4 nitrogen and oxygen atoms in total. The number of halogens is 1. The summed E-state index contributed by atoms with van der Waals surface area (Å²) in [7, 11) is 0. The molecule has 2 aromatic carbocycles. The number of nitrogens with zero attached hydrogens (tertiary/aromatic N) is 1. The van der Waals surface area contributed by atoms with Crippen molar-refractivity contribution < 1.29 is 13.9 Å². The van der Waals surface area contributed by atoms with Crippen LogP contribution in [0.2, 0.25) is 0 Å². The Hall–Kier alpha value is -3.21. The van der Waals surface area contributed by atoms with Gasteiger partial charge in [0.15, 0.2) is 0 Å². The predicted molar refractivity (Wildman–Crippen MR) is 93.1 cm³/mol. The first-order chi connectivity index (χ1) is 12.1. The number of carbonyl (C=O) groups is 1. The Labute approximate surface area is 145 Å². The van der Waals surface area contributed by atoms with Gasteiger partial charge in [-0.2, -0.15) is 4.39 Å². The van der Waals surface area contributed by atoms with Gasteiger partial charge in [-0.3, -0.25) is 4.79 Å². The van der Waals surface area contributed by atoms with Crippen molar-refractivity contribution in [2.24, 2.45) is 0 Å². The van der Waals surface area contributed by atoms with Crippen LogP contribution in [0.5, 0.6) is 11.5 Å². The highest BCUT2D eigenvalue weighted by Gasteiger charge is 2.10. The monoisotopic (exact) mass is 336 g/mol. The van der Waals surface area contributed by atoms with Crippen molar-refractivity contribution in [2.45, 2.75) is 13.5 Å². The molecule has 1 heterocycles. The van der Waals surface area contributed by atoms with Crippen LogP contribution in [0.3, 0.4) is 0 Å². The second-order valence-corrected chi connectivity index (χ2v) is 5.53. The molecule has 0 aliphatic rings. The standard InChI is InChI=1S/C20H17FN2O2/c1-14-6-2-4-8-17(14)25-18-9-5-3-7-15(18)12-23-20(24)16-10-11-19(21)22-13-16/h2-11,13H,12H2,1H3,(H,23,24). The molecule has 0 aliphatic carbocycles. The smallest absolute Gasteiger partial charge is 0.253 e. The van der Waals surface area contributed by atoms with E-state index in [1.807, 2.05) is 55.5 Å². The molecule has 1 amide bonds. The number of carbonyl (C=O) groups excluding carboxylic acids is 1. The second-order valence-electron chi connectivity index (χ2n) is 5.53. The molecule has 3 aromatic rings. The summed E-state index contributed by atoms with van der Waals surface area (Å²) < 4.78 is 18.8. The maximum absolute atomic E-state index is 12.8. The molecule has 0 fully saturated rings. The van der Waals surface area contributed by atoms with Gasteiger partial charge in [-0.15, -0.1) is 0 Å². The third-order valence-corrected chi connectivity index (χ3v) is 3.72. The number of aromatic nitrogens is 1. The van der Waals surface area contributed by atoms with E-state index in [2.05, 4.69) is 10.3 Å². The fraction of sp³-hybridized carbons (Fsp3) is 0.100. The van der Waals surface area contributed by atoms with E-state index >= 15 is 0 Å². The van der Waals surface area contributed by atoms with Crippen molar-refractivity contribution in [2.75, 3.05) is 0 Å². The van der Waals surface area contributed by atoms with Gasteiger partial charge in [0.2, 0.25) is 5.95 Å². The fourth-order valence-electron chi connectivity index (χ4n) is 2.33. The van der Waals surface area contributed by atoms with Gasteiger partial charge in [0, 0.05) is 18.3 Å². The maximum atomic E-state index is 12.8. The van der Waals surface area contributed by atoms with Crippen molar-refractivity contribution >= 4 is 5.91 Å². The predicted octanol–water partition coefficient (Wildman–Crippen LogP) is 4.25. The molecule has 0 unspecified atom stereocenters. The molecular weight excluding hydrogens is 319 g/mol. The van der Waals surface area contributed by atoms with Crippen LogP contribution < -0.4 is 10.1 Å². The minimum absolute atomic E-state index is 0.290. The van der Waals surface area contributed by atoms with Crippen LogP contribution in [0.15, 0.2) is 66.9 Å². The van der Waals surface area contributed by atoms with Gasteiger partial charge < -0.3 is 10.1 Å². The summed E-state index contributed by atoms with van der Waals surface area (Å²) in [5.74, 6) is 0.505. The van der Waals surface area contributed by atoms with Crippen molar-refractivity contribution in [3.63, 3.8) is 0 Å². The second kappa shape index (κ2) is 7.57. The van der Waals surface area contributed by atoms with E-state index in [-0.39, 0.29) is 12.5 Å². The number of hydrogen-bond donors (Lipinski definition) is 1. The average Bonchev–Trinajstić information content (AvgIpc) is 2.63. The highest BCUT2D eigenvalue weighted by atomic mass is 19.1. The van der Waals surface area contributed by atoms with Gasteiger partial charge >= 0.3 is 0 Å². The number of aryl methyl sites for hydroxylation is 1. The third-order valence-electron chi connectivity index (χ3n) is 3.72. The van der Waals surface area contributed by atoms with E-state index in [0.29, 0.717) is 11.3 Å². The van der Waals surface area contributed by atoms with E-state index in [4.69, 9.17) is 4.74 Å². The van der Waals surface area contributed by atoms with Gasteiger partial charge in [0.05, 0.1) is 5.56 Å². The van der Waals surface area contributed by atoms with Crippen LogP contribution >= 0.6 is 0 Å². The zero-order chi connectivity index (χ0) is 17.6. The lowest BCUT2D eigenvalue weighted by Gasteiger charge is -2.13. The largest absolute Gasteiger partial charge is 0.457 e. The van der Waals surface area contributed by atoms with Crippen molar-refractivity contribution in [1.82, 2.24) is 10.3 Å². The summed E-state index contributed by atoms with van der Waals surface area (Å²) in [5.41, 5.74) is 2.17. The molecule has 0 radical (unpaired) electrons. The molecule has 1 aromatic heterocycles. The van der Waals surface area contributed by atoms with Gasteiger partial charge in [-0.1, -0.05) is 36.4 Å². The third kappa shape index (κ3) is 4.20. The molecule has 3 rings (SSSR count). The molecule has 25 heavy (non-hydrogen) atoms. The molecule has 1 N–H and O–H groups in total. The van der Waals surface area contributed by atoms with Crippen LogP contribution in [0.1, 0.15) is 21.5 Å². The van der Waals surface area contributed by atoms with Crippen LogP contribution in [-0.2, 0) is 6.54 Å². The molecule has 0 bridgehead atoms. The Morgan fingerprint density at radius 2 is 1.76 bits per heavy atom. The quantitative estimate of drug-likeness (QED) is 0.709. The van der Waals surface area contributed by atoms with E-state index in [1.54, 1.807) is 0 Å². The number of benzene rings is 2. The van der Waals surface area contributed by atoms with E-state index in [9.17, 15) is 9.18 Å². The Kier molecular flexibility index (Phi) is 5.04. The maximum Gasteiger partial charge on any atom is 0.253 e. The highest BCUT2D eigenvalue weighted by Crippen LogP contribution is 2.27. The number of hydrogen-bond acceptors (Lipinski definition) is 3. The lowest BCUT2D eigenvalue weighted by Crippen LogP contribution is -2.23. The average molecular weight is 336 g/mol. The topological polar surface area (TPSA) is 51.2 Å². The number of rotatable bonds is 5. The first-order valence-electron chi connectivity index (χ1n) is 7.84. The first-order valence-corrected chi connectivity index (χ1v) is 7.84. The summed E-state index contributed by atoms with van der Waals surface area (Å²) in [6.45, 7) is 2.26. The zero-order valence-electron chi connectivity index (χ0n) is 13.7. The number of amides is 1. The van der Waals surface area contributed by atoms with Crippen molar-refractivity contribution in [1.29, 1.82) is 0 Å². The van der Waals surface area contributed by atoms with Crippen LogP contribution in [0, 0.1) is 12.9 Å². The molecule has 5 heteroatoms. The first kappa shape index (κ1) is 16.6. The van der Waals surface area contributed by atoms with Gasteiger partial charge in [-0.05, 0) is 36.8 Å². The van der Waals surface area contributed by atoms with Gasteiger partial charge in [0.1, 0.15) is 11.5 Å². The number of pyridine rings is 1. The highest BCUT2D eigenvalue weighted by molar-refractivity contribution is 5.93. The summed E-state index contributed by atoms with van der Waals surface area (Å²) >= 11 is 0. The van der Waals surface area contributed by atoms with Gasteiger partial charge in [-0.25, -0.2) is 4.98 Å². The summed E-state index contributed by atoms with van der Waals surface area (Å²) in [4.78, 5) is 15.6. The van der Waals surface area contributed by atoms with E-state index < -0.39 is 5.95 Å². The molecule has 0 saturated heterocycles. The number of nitrogens with one attached hydrogen (secondary N) is 1. The Morgan fingerprint density at radius 3 is 2.48 bits per heavy atom. The normalized spacial score (nSPS) is 10.3. The van der Waals surface area contributed by atoms with Crippen LogP contribution in [0.25, 0.3) is 0 Å². The number of ether oxygens (including phenoxy) is 1. The molecule has 0 aliphatic heterocycles. The Balaban J connectivity index is 1.72. The Morgan fingerprint density at radius 1 is 1.04 bits per heavy atom. The van der Waals surface area contributed by atoms with Gasteiger partial charge in [0.25, 0.3) is 5.91 Å². The molecule has 0 spiro atoms. The lowest BCUT2D eigenvalue weighted by molar-refractivity contribution is 0.0950. The molecule has 0 saturated carbocycles. The van der Waals surface area contributed by atoms with Crippen LogP contribution in [-0.4, -0.2) is 10.9 Å². The van der Waals surface area contributed by atoms with E-state index in [1.165, 1.54) is 12.3 Å². The zero-order valence-corrected chi connectivity index (χ0v) is 13.7. The lowest BCUT2D eigenvalue weighted by atomic mass is 10.1.